The van der Waals surface area contributed by atoms with Gasteiger partial charge in [-0.1, -0.05) is 24.3 Å². The van der Waals surface area contributed by atoms with Crippen LogP contribution in [-0.2, 0) is 11.2 Å². The molecule has 148 valence electrons. The molecule has 2 aromatic heterocycles. The number of rotatable bonds is 5. The van der Waals surface area contributed by atoms with Gasteiger partial charge in [0.1, 0.15) is 0 Å². The van der Waals surface area contributed by atoms with E-state index in [1.807, 2.05) is 46.7 Å². The van der Waals surface area contributed by atoms with Crippen LogP contribution in [0.1, 0.15) is 15.2 Å². The summed E-state index contributed by atoms with van der Waals surface area (Å²) in [5.74, 6) is 1.10. The van der Waals surface area contributed by atoms with Crippen molar-refractivity contribution in [2.45, 2.75) is 6.42 Å². The molecule has 0 atom stereocenters. The van der Waals surface area contributed by atoms with Crippen molar-refractivity contribution in [3.05, 3.63) is 70.4 Å². The second-order valence-electron chi connectivity index (χ2n) is 6.72. The fourth-order valence-corrected chi connectivity index (χ4v) is 3.89. The molecule has 7 nitrogen and oxygen atoms in total. The molecule has 0 spiro atoms. The van der Waals surface area contributed by atoms with E-state index in [2.05, 4.69) is 20.4 Å². The van der Waals surface area contributed by atoms with Crippen LogP contribution >= 0.6 is 11.3 Å². The molecule has 4 rings (SSSR count). The lowest BCUT2D eigenvalue weighted by Crippen LogP contribution is -2.49. The summed E-state index contributed by atoms with van der Waals surface area (Å²) in [6.45, 7) is 2.75. The molecule has 1 saturated heterocycles. The molecule has 0 radical (unpaired) electrons. The van der Waals surface area contributed by atoms with E-state index in [-0.39, 0.29) is 11.8 Å². The molecule has 0 unspecified atom stereocenters. The molecule has 1 aromatic carbocycles. The zero-order valence-electron chi connectivity index (χ0n) is 15.8. The summed E-state index contributed by atoms with van der Waals surface area (Å²) in [6.07, 6.45) is 0.466. The summed E-state index contributed by atoms with van der Waals surface area (Å²) in [4.78, 5) is 29.7. The SMILES string of the molecule is O=C(Nc1ccc(N2CCN(C(=O)Cc3cccs3)CC2)nn1)c1ccccc1. The zero-order chi connectivity index (χ0) is 20.1. The van der Waals surface area contributed by atoms with Crippen LogP contribution in [0.3, 0.4) is 0 Å². The topological polar surface area (TPSA) is 78.4 Å². The predicted molar refractivity (Wildman–Crippen MR) is 113 cm³/mol. The zero-order valence-corrected chi connectivity index (χ0v) is 16.6. The highest BCUT2D eigenvalue weighted by atomic mass is 32.1. The van der Waals surface area contributed by atoms with E-state index in [9.17, 15) is 9.59 Å². The van der Waals surface area contributed by atoms with Crippen molar-refractivity contribution in [3.63, 3.8) is 0 Å². The minimum atomic E-state index is -0.217. The van der Waals surface area contributed by atoms with Crippen LogP contribution in [0, 0.1) is 0 Å². The first-order valence-corrected chi connectivity index (χ1v) is 10.3. The van der Waals surface area contributed by atoms with Crippen LogP contribution in [0.2, 0.25) is 0 Å². The first-order valence-electron chi connectivity index (χ1n) is 9.44. The van der Waals surface area contributed by atoms with Gasteiger partial charge in [0.05, 0.1) is 6.42 Å². The maximum atomic E-state index is 12.4. The molecular weight excluding hydrogens is 386 g/mol. The Balaban J connectivity index is 1.30. The number of carbonyl (C=O) groups is 2. The van der Waals surface area contributed by atoms with Crippen molar-refractivity contribution in [2.24, 2.45) is 0 Å². The van der Waals surface area contributed by atoms with Crippen LogP contribution in [-0.4, -0.2) is 53.1 Å². The highest BCUT2D eigenvalue weighted by molar-refractivity contribution is 7.10. The summed E-state index contributed by atoms with van der Waals surface area (Å²) in [5.41, 5.74) is 0.571. The Morgan fingerprint density at radius 1 is 0.931 bits per heavy atom. The fraction of sp³-hybridized carbons (Fsp3) is 0.238. The van der Waals surface area contributed by atoms with Gasteiger partial charge in [-0.2, -0.15) is 0 Å². The Kier molecular flexibility index (Phi) is 5.81. The van der Waals surface area contributed by atoms with Crippen LogP contribution < -0.4 is 10.2 Å². The van der Waals surface area contributed by atoms with E-state index in [1.165, 1.54) is 0 Å². The molecule has 3 aromatic rings. The van der Waals surface area contributed by atoms with E-state index in [1.54, 1.807) is 29.5 Å². The van der Waals surface area contributed by atoms with Crippen molar-refractivity contribution < 1.29 is 9.59 Å². The van der Waals surface area contributed by atoms with Gasteiger partial charge in [-0.3, -0.25) is 9.59 Å². The van der Waals surface area contributed by atoms with Crippen molar-refractivity contribution in [1.29, 1.82) is 0 Å². The third-order valence-electron chi connectivity index (χ3n) is 4.79. The number of nitrogens with zero attached hydrogens (tertiary/aromatic N) is 4. The minimum Gasteiger partial charge on any atom is -0.352 e. The van der Waals surface area contributed by atoms with E-state index < -0.39 is 0 Å². The minimum absolute atomic E-state index is 0.164. The molecule has 0 aliphatic carbocycles. The van der Waals surface area contributed by atoms with Crippen LogP contribution in [0.15, 0.2) is 60.0 Å². The third-order valence-corrected chi connectivity index (χ3v) is 5.67. The molecule has 1 N–H and O–H groups in total. The second-order valence-corrected chi connectivity index (χ2v) is 7.75. The Morgan fingerprint density at radius 2 is 1.72 bits per heavy atom. The summed E-state index contributed by atoms with van der Waals surface area (Å²) in [6, 6.07) is 16.5. The Hall–Kier alpha value is -3.26. The predicted octanol–water partition coefficient (Wildman–Crippen LogP) is 2.68. The van der Waals surface area contributed by atoms with Gasteiger partial charge < -0.3 is 15.1 Å². The molecular formula is C21H21N5O2S. The lowest BCUT2D eigenvalue weighted by atomic mass is 10.2. The molecule has 8 heteroatoms. The normalized spacial score (nSPS) is 13.9. The Bertz CT molecular complexity index is 953. The average molecular weight is 407 g/mol. The van der Waals surface area contributed by atoms with Crippen molar-refractivity contribution in [3.8, 4) is 0 Å². The van der Waals surface area contributed by atoms with Crippen molar-refractivity contribution >= 4 is 34.8 Å². The van der Waals surface area contributed by atoms with Crippen LogP contribution in [0.4, 0.5) is 11.6 Å². The second kappa shape index (κ2) is 8.83. The number of carbonyl (C=O) groups excluding carboxylic acids is 2. The summed E-state index contributed by atoms with van der Waals surface area (Å²) >= 11 is 1.61. The first-order chi connectivity index (χ1) is 14.2. The smallest absolute Gasteiger partial charge is 0.256 e. The van der Waals surface area contributed by atoms with Gasteiger partial charge in [0.15, 0.2) is 11.6 Å². The highest BCUT2D eigenvalue weighted by Crippen LogP contribution is 2.16. The maximum Gasteiger partial charge on any atom is 0.256 e. The van der Waals surface area contributed by atoms with E-state index >= 15 is 0 Å². The molecule has 2 amide bonds. The van der Waals surface area contributed by atoms with Crippen molar-refractivity contribution in [1.82, 2.24) is 15.1 Å². The Labute approximate surface area is 173 Å². The number of benzene rings is 1. The van der Waals surface area contributed by atoms with Gasteiger partial charge in [0.2, 0.25) is 5.91 Å². The van der Waals surface area contributed by atoms with E-state index in [4.69, 9.17) is 0 Å². The molecule has 0 saturated carbocycles. The van der Waals surface area contributed by atoms with Gasteiger partial charge in [0, 0.05) is 36.6 Å². The Morgan fingerprint density at radius 3 is 2.38 bits per heavy atom. The molecule has 1 aliphatic rings. The fourth-order valence-electron chi connectivity index (χ4n) is 3.20. The van der Waals surface area contributed by atoms with Gasteiger partial charge in [-0.25, -0.2) is 0 Å². The summed E-state index contributed by atoms with van der Waals surface area (Å²) < 4.78 is 0. The van der Waals surface area contributed by atoms with Gasteiger partial charge in [-0.15, -0.1) is 21.5 Å². The number of hydrogen-bond donors (Lipinski definition) is 1. The van der Waals surface area contributed by atoms with E-state index in [0.717, 1.165) is 10.7 Å². The molecule has 3 heterocycles. The number of aromatic nitrogens is 2. The summed E-state index contributed by atoms with van der Waals surface area (Å²) in [7, 11) is 0. The molecule has 1 aliphatic heterocycles. The van der Waals surface area contributed by atoms with Gasteiger partial charge >= 0.3 is 0 Å². The van der Waals surface area contributed by atoms with Crippen molar-refractivity contribution in [2.75, 3.05) is 36.4 Å². The number of thiophene rings is 1. The number of nitrogens with one attached hydrogen (secondary N) is 1. The van der Waals surface area contributed by atoms with Crippen LogP contribution in [0.25, 0.3) is 0 Å². The quantitative estimate of drug-likeness (QED) is 0.704. The molecule has 1 fully saturated rings. The molecule has 29 heavy (non-hydrogen) atoms. The lowest BCUT2D eigenvalue weighted by molar-refractivity contribution is -0.130. The average Bonchev–Trinajstić information content (AvgIpc) is 3.28. The van der Waals surface area contributed by atoms with Gasteiger partial charge in [0.25, 0.3) is 5.91 Å². The number of hydrogen-bond acceptors (Lipinski definition) is 6. The number of piperazine rings is 1. The highest BCUT2D eigenvalue weighted by Gasteiger charge is 2.22. The largest absolute Gasteiger partial charge is 0.352 e. The standard InChI is InChI=1S/C21H21N5O2S/c27-20(15-17-7-4-14-29-17)26-12-10-25(11-13-26)19-9-8-18(23-24-19)22-21(28)16-5-2-1-3-6-16/h1-9,14H,10-13,15H2,(H,22,23,28). The first kappa shape index (κ1) is 19.1. The summed E-state index contributed by atoms with van der Waals surface area (Å²) in [5, 5.41) is 13.1. The van der Waals surface area contributed by atoms with E-state index in [0.29, 0.717) is 44.0 Å². The van der Waals surface area contributed by atoms with Gasteiger partial charge in [-0.05, 0) is 35.7 Å². The molecule has 0 bridgehead atoms. The lowest BCUT2D eigenvalue weighted by Gasteiger charge is -2.35. The van der Waals surface area contributed by atoms with Crippen LogP contribution in [0.5, 0.6) is 0 Å². The number of amides is 2. The monoisotopic (exact) mass is 407 g/mol. The third kappa shape index (κ3) is 4.78. The maximum absolute atomic E-state index is 12.4. The number of anilines is 2.